The lowest BCUT2D eigenvalue weighted by Crippen LogP contribution is -2.38. The van der Waals surface area contributed by atoms with Crippen LogP contribution in [0.1, 0.15) is 40.3 Å². The zero-order valence-electron chi connectivity index (χ0n) is 18.4. The second kappa shape index (κ2) is 8.29. The van der Waals surface area contributed by atoms with Crippen LogP contribution in [-0.2, 0) is 6.42 Å². The molecule has 3 nitrogen and oxygen atoms in total. The van der Waals surface area contributed by atoms with Crippen LogP contribution in [-0.4, -0.2) is 4.57 Å². The van der Waals surface area contributed by atoms with E-state index in [1.54, 1.807) is 16.7 Å². The number of hydrogen-bond donors (Lipinski definition) is 0. The number of thiazole rings is 1. The van der Waals surface area contributed by atoms with Gasteiger partial charge in [0.15, 0.2) is 4.80 Å². The minimum absolute atomic E-state index is 0.0693. The van der Waals surface area contributed by atoms with Gasteiger partial charge in [-0.1, -0.05) is 75.8 Å². The Labute approximate surface area is 208 Å². The molecule has 1 atom stereocenters. The molecule has 0 spiro atoms. The molecule has 0 saturated carbocycles. The molecule has 4 aromatic rings. The number of allylic oxidation sites excluding steroid dienone is 1. The molecule has 1 aliphatic heterocycles. The lowest BCUT2D eigenvalue weighted by Gasteiger charge is -2.30. The molecule has 0 saturated heterocycles. The summed E-state index contributed by atoms with van der Waals surface area (Å²) in [7, 11) is 0. The van der Waals surface area contributed by atoms with Crippen molar-refractivity contribution in [3.05, 3.63) is 130 Å². The molecule has 0 radical (unpaired) electrons. The fourth-order valence-corrected chi connectivity index (χ4v) is 6.22. The van der Waals surface area contributed by atoms with Gasteiger partial charge in [0.1, 0.15) is 5.82 Å². The van der Waals surface area contributed by atoms with Crippen LogP contribution in [0.25, 0.3) is 11.8 Å². The standard InChI is InChI=1S/C28H20BrFN2OS/c1-16-6-7-17(14-23(16)29)15-24-27(33)32-26(19-8-11-20(30)12-9-19)22-13-10-18-4-2-3-5-21(18)25(22)31-28(32)34-24/h2-9,11-12,14-15,26H,10,13H2,1H3/b24-15+/t26-/m1/s1. The van der Waals surface area contributed by atoms with Gasteiger partial charge in [-0.15, -0.1) is 0 Å². The van der Waals surface area contributed by atoms with Crippen molar-refractivity contribution in [1.82, 2.24) is 4.57 Å². The minimum Gasteiger partial charge on any atom is -0.272 e. The van der Waals surface area contributed by atoms with Crippen molar-refractivity contribution >= 4 is 39.0 Å². The summed E-state index contributed by atoms with van der Waals surface area (Å²) in [5.74, 6) is -0.288. The van der Waals surface area contributed by atoms with Crippen LogP contribution < -0.4 is 14.9 Å². The van der Waals surface area contributed by atoms with Gasteiger partial charge < -0.3 is 0 Å². The van der Waals surface area contributed by atoms with Crippen molar-refractivity contribution in [2.75, 3.05) is 0 Å². The predicted octanol–water partition coefficient (Wildman–Crippen LogP) is 5.53. The molecule has 6 heteroatoms. The van der Waals surface area contributed by atoms with Crippen molar-refractivity contribution in [2.24, 2.45) is 4.99 Å². The third kappa shape index (κ3) is 3.53. The Hall–Kier alpha value is -3.09. The molecule has 0 unspecified atom stereocenters. The number of halogens is 2. The summed E-state index contributed by atoms with van der Waals surface area (Å²) in [5.41, 5.74) is 7.37. The number of rotatable bonds is 2. The van der Waals surface area contributed by atoms with E-state index in [-0.39, 0.29) is 17.4 Å². The first-order valence-electron chi connectivity index (χ1n) is 11.1. The van der Waals surface area contributed by atoms with Crippen molar-refractivity contribution in [2.45, 2.75) is 25.8 Å². The zero-order chi connectivity index (χ0) is 23.4. The number of aromatic nitrogens is 1. The fourth-order valence-electron chi connectivity index (χ4n) is 4.82. The van der Waals surface area contributed by atoms with Crippen LogP contribution in [0.15, 0.2) is 86.6 Å². The second-order valence-electron chi connectivity index (χ2n) is 8.67. The smallest absolute Gasteiger partial charge is 0.271 e. The minimum atomic E-state index is -0.299. The van der Waals surface area contributed by atoms with E-state index < -0.39 is 0 Å². The van der Waals surface area contributed by atoms with E-state index >= 15 is 0 Å². The van der Waals surface area contributed by atoms with Crippen LogP contribution in [0, 0.1) is 12.7 Å². The number of aryl methyl sites for hydroxylation is 2. The molecule has 0 fully saturated rings. The van der Waals surface area contributed by atoms with Gasteiger partial charge in [-0.2, -0.15) is 0 Å². The summed E-state index contributed by atoms with van der Waals surface area (Å²) < 4.78 is 17.2. The average Bonchev–Trinajstić information content (AvgIpc) is 3.15. The Morgan fingerprint density at radius 1 is 1.09 bits per heavy atom. The van der Waals surface area contributed by atoms with E-state index in [4.69, 9.17) is 4.99 Å². The monoisotopic (exact) mass is 530 g/mol. The van der Waals surface area contributed by atoms with Crippen LogP contribution in [0.4, 0.5) is 4.39 Å². The van der Waals surface area contributed by atoms with Crippen molar-refractivity contribution in [3.63, 3.8) is 0 Å². The van der Waals surface area contributed by atoms with Crippen LogP contribution in [0.2, 0.25) is 0 Å². The molecule has 1 aliphatic carbocycles. The number of hydrogen-bond acceptors (Lipinski definition) is 3. The number of fused-ring (bicyclic) bond motifs is 3. The van der Waals surface area contributed by atoms with Crippen LogP contribution >= 0.6 is 27.3 Å². The van der Waals surface area contributed by atoms with E-state index in [1.165, 1.54) is 29.0 Å². The van der Waals surface area contributed by atoms with E-state index in [2.05, 4.69) is 34.1 Å². The average molecular weight is 531 g/mol. The maximum atomic E-state index is 13.8. The third-order valence-corrected chi connectivity index (χ3v) is 8.39. The molecule has 34 heavy (non-hydrogen) atoms. The normalized spacial score (nSPS) is 17.1. The van der Waals surface area contributed by atoms with E-state index in [1.807, 2.05) is 37.3 Å². The highest BCUT2D eigenvalue weighted by molar-refractivity contribution is 9.10. The summed E-state index contributed by atoms with van der Waals surface area (Å²) in [4.78, 5) is 19.4. The summed E-state index contributed by atoms with van der Waals surface area (Å²) in [5, 5.41) is 0. The summed E-state index contributed by atoms with van der Waals surface area (Å²) >= 11 is 4.99. The molecule has 2 heterocycles. The molecular formula is C28H20BrFN2OS. The first kappa shape index (κ1) is 21.4. The SMILES string of the molecule is Cc1ccc(/C=c2/sc3n(c2=O)[C@H](c2ccc(F)cc2)C2=C(N=3)c3ccccc3CC2)cc1Br. The first-order chi connectivity index (χ1) is 16.5. The van der Waals surface area contributed by atoms with Gasteiger partial charge in [0.05, 0.1) is 16.3 Å². The highest BCUT2D eigenvalue weighted by Gasteiger charge is 2.32. The maximum absolute atomic E-state index is 13.8. The molecule has 0 N–H and O–H groups in total. The molecule has 168 valence electrons. The number of benzene rings is 3. The Bertz CT molecular complexity index is 1660. The molecule has 2 aliphatic rings. The van der Waals surface area contributed by atoms with Gasteiger partial charge >= 0.3 is 0 Å². The highest BCUT2D eigenvalue weighted by Crippen LogP contribution is 2.41. The lowest BCUT2D eigenvalue weighted by atomic mass is 9.83. The molecule has 0 amide bonds. The van der Waals surface area contributed by atoms with Crippen molar-refractivity contribution in [1.29, 1.82) is 0 Å². The van der Waals surface area contributed by atoms with E-state index in [0.717, 1.165) is 50.8 Å². The van der Waals surface area contributed by atoms with E-state index in [0.29, 0.717) is 9.33 Å². The Morgan fingerprint density at radius 3 is 2.68 bits per heavy atom. The fraction of sp³-hybridized carbons (Fsp3) is 0.143. The van der Waals surface area contributed by atoms with Gasteiger partial charge in [-0.3, -0.25) is 9.36 Å². The highest BCUT2D eigenvalue weighted by atomic mass is 79.9. The predicted molar refractivity (Wildman–Crippen MR) is 138 cm³/mol. The van der Waals surface area contributed by atoms with Gasteiger partial charge in [-0.25, -0.2) is 9.38 Å². The van der Waals surface area contributed by atoms with E-state index in [9.17, 15) is 9.18 Å². The van der Waals surface area contributed by atoms with Gasteiger partial charge in [0.25, 0.3) is 5.56 Å². The molecular weight excluding hydrogens is 511 g/mol. The maximum Gasteiger partial charge on any atom is 0.271 e. The Kier molecular flexibility index (Phi) is 5.23. The number of nitrogens with zero attached hydrogens (tertiary/aromatic N) is 2. The largest absolute Gasteiger partial charge is 0.272 e. The Balaban J connectivity index is 1.62. The van der Waals surface area contributed by atoms with Gasteiger partial charge in [0.2, 0.25) is 0 Å². The summed E-state index contributed by atoms with van der Waals surface area (Å²) in [6, 6.07) is 20.6. The summed E-state index contributed by atoms with van der Waals surface area (Å²) in [6.45, 7) is 2.03. The quantitative estimate of drug-likeness (QED) is 0.335. The lowest BCUT2D eigenvalue weighted by molar-refractivity contribution is 0.581. The molecule has 0 bridgehead atoms. The second-order valence-corrected chi connectivity index (χ2v) is 10.5. The van der Waals surface area contributed by atoms with Crippen molar-refractivity contribution < 1.29 is 4.39 Å². The van der Waals surface area contributed by atoms with Gasteiger partial charge in [-0.05, 0) is 71.9 Å². The zero-order valence-corrected chi connectivity index (χ0v) is 20.8. The first-order valence-corrected chi connectivity index (χ1v) is 12.8. The van der Waals surface area contributed by atoms with Crippen LogP contribution in [0.3, 0.4) is 0 Å². The molecule has 1 aromatic heterocycles. The molecule has 3 aromatic carbocycles. The van der Waals surface area contributed by atoms with Crippen LogP contribution in [0.5, 0.6) is 0 Å². The Morgan fingerprint density at radius 2 is 1.88 bits per heavy atom. The third-order valence-electron chi connectivity index (χ3n) is 6.55. The van der Waals surface area contributed by atoms with Gasteiger partial charge in [0, 0.05) is 10.0 Å². The summed E-state index contributed by atoms with van der Waals surface area (Å²) in [6.07, 6.45) is 3.63. The molecule has 6 rings (SSSR count). The topological polar surface area (TPSA) is 34.4 Å². The van der Waals surface area contributed by atoms with Crippen molar-refractivity contribution in [3.8, 4) is 0 Å².